The molecule has 1 N–H and O–H groups in total. The topological polar surface area (TPSA) is 38.3 Å². The van der Waals surface area contributed by atoms with Crippen molar-refractivity contribution >= 4 is 11.6 Å². The molecule has 4 heteroatoms. The molecule has 3 nitrogen and oxygen atoms in total. The standard InChI is InChI=1S/C23H20FNO2/c1-23(14-15-6-5-7-17(24)12-15)19-13-16(10-11-20(19)25-22(23)26)18-8-3-4-9-21(18)27-2/h3-13H,14H2,1-2H3,(H,25,26). The zero-order valence-electron chi connectivity index (χ0n) is 15.3. The van der Waals surface area contributed by atoms with E-state index < -0.39 is 5.41 Å². The van der Waals surface area contributed by atoms with Gasteiger partial charge in [-0.1, -0.05) is 36.4 Å². The Hall–Kier alpha value is -3.14. The maximum Gasteiger partial charge on any atom is 0.235 e. The van der Waals surface area contributed by atoms with Crippen LogP contribution in [0.1, 0.15) is 18.1 Å². The smallest absolute Gasteiger partial charge is 0.235 e. The molecule has 0 bridgehead atoms. The Labute approximate surface area is 157 Å². The Morgan fingerprint density at radius 1 is 1.04 bits per heavy atom. The van der Waals surface area contributed by atoms with Crippen molar-refractivity contribution in [3.05, 3.63) is 83.7 Å². The van der Waals surface area contributed by atoms with Crippen LogP contribution in [-0.4, -0.2) is 13.0 Å². The first-order valence-corrected chi connectivity index (χ1v) is 8.85. The first kappa shape index (κ1) is 17.3. The van der Waals surface area contributed by atoms with Crippen LogP contribution in [0, 0.1) is 5.82 Å². The predicted octanol–water partition coefficient (Wildman–Crippen LogP) is 4.95. The molecule has 3 aromatic rings. The second-order valence-electron chi connectivity index (χ2n) is 7.05. The number of carbonyl (C=O) groups is 1. The summed E-state index contributed by atoms with van der Waals surface area (Å²) in [6, 6.07) is 20.1. The van der Waals surface area contributed by atoms with Crippen LogP contribution in [0.5, 0.6) is 5.75 Å². The Morgan fingerprint density at radius 3 is 2.63 bits per heavy atom. The molecule has 4 rings (SSSR count). The normalized spacial score (nSPS) is 18.1. The van der Waals surface area contributed by atoms with Gasteiger partial charge in [-0.2, -0.15) is 0 Å². The number of methoxy groups -OCH3 is 1. The summed E-state index contributed by atoms with van der Waals surface area (Å²) in [5.41, 5.74) is 3.70. The molecule has 136 valence electrons. The van der Waals surface area contributed by atoms with Gasteiger partial charge in [-0.25, -0.2) is 4.39 Å². The second kappa shape index (κ2) is 6.54. The van der Waals surface area contributed by atoms with E-state index in [0.29, 0.717) is 6.42 Å². The predicted molar refractivity (Wildman–Crippen MR) is 105 cm³/mol. The van der Waals surface area contributed by atoms with Gasteiger partial charge in [0.2, 0.25) is 5.91 Å². The van der Waals surface area contributed by atoms with Gasteiger partial charge in [-0.15, -0.1) is 0 Å². The number of ether oxygens (including phenoxy) is 1. The summed E-state index contributed by atoms with van der Waals surface area (Å²) in [4.78, 5) is 12.8. The molecule has 1 amide bonds. The molecule has 1 heterocycles. The van der Waals surface area contributed by atoms with Crippen LogP contribution in [0.25, 0.3) is 11.1 Å². The second-order valence-corrected chi connectivity index (χ2v) is 7.05. The van der Waals surface area contributed by atoms with Gasteiger partial charge >= 0.3 is 0 Å². The van der Waals surface area contributed by atoms with Gasteiger partial charge in [0.25, 0.3) is 0 Å². The molecular formula is C23H20FNO2. The van der Waals surface area contributed by atoms with Crippen LogP contribution in [0.3, 0.4) is 0 Å². The molecule has 0 saturated carbocycles. The van der Waals surface area contributed by atoms with E-state index in [4.69, 9.17) is 4.74 Å². The third-order valence-corrected chi connectivity index (χ3v) is 5.23. The minimum Gasteiger partial charge on any atom is -0.496 e. The number of anilines is 1. The summed E-state index contributed by atoms with van der Waals surface area (Å²) in [6.07, 6.45) is 0.430. The highest BCUT2D eigenvalue weighted by Crippen LogP contribution is 2.43. The van der Waals surface area contributed by atoms with E-state index >= 15 is 0 Å². The van der Waals surface area contributed by atoms with Gasteiger partial charge in [0.1, 0.15) is 11.6 Å². The van der Waals surface area contributed by atoms with Crippen LogP contribution >= 0.6 is 0 Å². The van der Waals surface area contributed by atoms with Gasteiger partial charge < -0.3 is 10.1 Å². The minimum absolute atomic E-state index is 0.0704. The van der Waals surface area contributed by atoms with Gasteiger partial charge in [0.05, 0.1) is 12.5 Å². The van der Waals surface area contributed by atoms with Crippen LogP contribution in [-0.2, 0) is 16.6 Å². The van der Waals surface area contributed by atoms with Crippen LogP contribution in [0.2, 0.25) is 0 Å². The molecule has 0 radical (unpaired) electrons. The number of amides is 1. The largest absolute Gasteiger partial charge is 0.496 e. The summed E-state index contributed by atoms with van der Waals surface area (Å²) >= 11 is 0. The molecule has 1 aliphatic heterocycles. The summed E-state index contributed by atoms with van der Waals surface area (Å²) in [5.74, 6) is 0.415. The third-order valence-electron chi connectivity index (χ3n) is 5.23. The Kier molecular flexibility index (Phi) is 4.19. The minimum atomic E-state index is -0.763. The van der Waals surface area contributed by atoms with Crippen molar-refractivity contribution in [2.75, 3.05) is 12.4 Å². The third kappa shape index (κ3) is 2.97. The lowest BCUT2D eigenvalue weighted by Gasteiger charge is -2.23. The molecular weight excluding hydrogens is 341 g/mol. The van der Waals surface area contributed by atoms with Crippen molar-refractivity contribution in [2.24, 2.45) is 0 Å². The van der Waals surface area contributed by atoms with E-state index in [1.807, 2.05) is 55.5 Å². The number of fused-ring (bicyclic) bond motifs is 1. The van der Waals surface area contributed by atoms with Crippen molar-refractivity contribution in [2.45, 2.75) is 18.8 Å². The molecule has 0 aromatic heterocycles. The number of nitrogens with one attached hydrogen (secondary N) is 1. The van der Waals surface area contributed by atoms with Gasteiger partial charge in [0.15, 0.2) is 0 Å². The van der Waals surface area contributed by atoms with Crippen LogP contribution in [0.4, 0.5) is 10.1 Å². The monoisotopic (exact) mass is 361 g/mol. The first-order chi connectivity index (χ1) is 13.0. The number of hydrogen-bond acceptors (Lipinski definition) is 2. The maximum absolute atomic E-state index is 13.6. The zero-order valence-corrected chi connectivity index (χ0v) is 15.3. The SMILES string of the molecule is COc1ccccc1-c1ccc2c(c1)C(C)(Cc1cccc(F)c1)C(=O)N2. The Balaban J connectivity index is 1.79. The van der Waals surface area contributed by atoms with Crippen molar-refractivity contribution < 1.29 is 13.9 Å². The average Bonchev–Trinajstić information content (AvgIpc) is 2.91. The average molecular weight is 361 g/mol. The van der Waals surface area contributed by atoms with E-state index in [2.05, 4.69) is 5.32 Å². The first-order valence-electron chi connectivity index (χ1n) is 8.85. The zero-order chi connectivity index (χ0) is 19.0. The Bertz CT molecular complexity index is 1030. The number of hydrogen-bond donors (Lipinski definition) is 1. The van der Waals surface area contributed by atoms with Gasteiger partial charge in [0, 0.05) is 11.3 Å². The van der Waals surface area contributed by atoms with E-state index in [1.54, 1.807) is 13.2 Å². The van der Waals surface area contributed by atoms with Crippen molar-refractivity contribution in [3.63, 3.8) is 0 Å². The maximum atomic E-state index is 13.6. The van der Waals surface area contributed by atoms with E-state index in [1.165, 1.54) is 12.1 Å². The van der Waals surface area contributed by atoms with Crippen LogP contribution in [0.15, 0.2) is 66.7 Å². The fraction of sp³-hybridized carbons (Fsp3) is 0.174. The summed E-state index contributed by atoms with van der Waals surface area (Å²) in [7, 11) is 1.64. The van der Waals surface area contributed by atoms with Gasteiger partial charge in [-0.05, 0) is 60.4 Å². The fourth-order valence-electron chi connectivity index (χ4n) is 3.77. The molecule has 0 aliphatic carbocycles. The molecule has 0 fully saturated rings. The number of halogens is 1. The number of rotatable bonds is 4. The molecule has 0 spiro atoms. The Morgan fingerprint density at radius 2 is 1.85 bits per heavy atom. The molecule has 1 atom stereocenters. The van der Waals surface area contributed by atoms with Gasteiger partial charge in [-0.3, -0.25) is 4.79 Å². The number of carbonyl (C=O) groups excluding carboxylic acids is 1. The lowest BCUT2D eigenvalue weighted by Crippen LogP contribution is -2.33. The van der Waals surface area contributed by atoms with Crippen molar-refractivity contribution in [3.8, 4) is 16.9 Å². The molecule has 27 heavy (non-hydrogen) atoms. The summed E-state index contributed by atoms with van der Waals surface area (Å²) in [6.45, 7) is 1.91. The molecule has 0 saturated heterocycles. The van der Waals surface area contributed by atoms with Crippen LogP contribution < -0.4 is 10.1 Å². The summed E-state index contributed by atoms with van der Waals surface area (Å²) < 4.78 is 19.1. The number of benzene rings is 3. The van der Waals surface area contributed by atoms with Crippen molar-refractivity contribution in [1.29, 1.82) is 0 Å². The molecule has 1 unspecified atom stereocenters. The highest BCUT2D eigenvalue weighted by Gasteiger charge is 2.42. The lowest BCUT2D eigenvalue weighted by molar-refractivity contribution is -0.120. The molecule has 1 aliphatic rings. The van der Waals surface area contributed by atoms with E-state index in [9.17, 15) is 9.18 Å². The fourth-order valence-corrected chi connectivity index (χ4v) is 3.77. The van der Waals surface area contributed by atoms with Crippen molar-refractivity contribution in [1.82, 2.24) is 0 Å². The summed E-state index contributed by atoms with van der Waals surface area (Å²) in [5, 5.41) is 2.97. The number of para-hydroxylation sites is 1. The lowest BCUT2D eigenvalue weighted by atomic mass is 9.77. The quantitative estimate of drug-likeness (QED) is 0.714. The highest BCUT2D eigenvalue weighted by molar-refractivity contribution is 6.06. The highest BCUT2D eigenvalue weighted by atomic mass is 19.1. The van der Waals surface area contributed by atoms with E-state index in [0.717, 1.165) is 33.7 Å². The molecule has 3 aromatic carbocycles. The van der Waals surface area contributed by atoms with E-state index in [-0.39, 0.29) is 11.7 Å².